The van der Waals surface area contributed by atoms with Crippen molar-refractivity contribution in [3.05, 3.63) is 70.4 Å². The Kier molecular flexibility index (Phi) is 7.11. The first-order chi connectivity index (χ1) is 10.7. The average molecular weight is 296 g/mol. The Balaban J connectivity index is 0.000000561. The minimum absolute atomic E-state index is 0.00701. The van der Waals surface area contributed by atoms with Crippen LogP contribution in [0.4, 0.5) is 0 Å². The number of hydrogen-bond donors (Lipinski definition) is 0. The van der Waals surface area contributed by atoms with E-state index in [4.69, 9.17) is 4.42 Å². The maximum absolute atomic E-state index is 12.0. The fraction of sp³-hybridized carbons (Fsp3) is 0.250. The number of hydrogen-bond acceptors (Lipinski definition) is 2. The Bertz CT molecular complexity index is 753. The van der Waals surface area contributed by atoms with Gasteiger partial charge >= 0.3 is 0 Å². The lowest BCUT2D eigenvalue weighted by atomic mass is 10.1. The van der Waals surface area contributed by atoms with E-state index in [-0.39, 0.29) is 5.43 Å². The number of rotatable bonds is 1. The van der Waals surface area contributed by atoms with Crippen molar-refractivity contribution < 1.29 is 4.42 Å². The minimum Gasteiger partial charge on any atom is -0.456 e. The summed E-state index contributed by atoms with van der Waals surface area (Å²) in [5, 5.41) is 0.619. The molecule has 0 fully saturated rings. The molecule has 0 unspecified atom stereocenters. The van der Waals surface area contributed by atoms with Crippen molar-refractivity contribution in [2.45, 2.75) is 34.6 Å². The summed E-state index contributed by atoms with van der Waals surface area (Å²) in [6.45, 7) is 10.0. The first-order valence-electron chi connectivity index (χ1n) is 7.84. The Morgan fingerprint density at radius 2 is 1.41 bits per heavy atom. The van der Waals surface area contributed by atoms with Crippen LogP contribution in [-0.2, 0) is 0 Å². The number of benzene rings is 2. The highest BCUT2D eigenvalue weighted by Gasteiger charge is 2.05. The lowest BCUT2D eigenvalue weighted by Crippen LogP contribution is -1.99. The fourth-order valence-electron chi connectivity index (χ4n) is 1.96. The Hall–Kier alpha value is -2.35. The molecule has 0 saturated heterocycles. The first-order valence-corrected chi connectivity index (χ1v) is 7.84. The van der Waals surface area contributed by atoms with E-state index in [1.165, 1.54) is 5.56 Å². The Morgan fingerprint density at radius 1 is 0.818 bits per heavy atom. The van der Waals surface area contributed by atoms with Gasteiger partial charge in [0.1, 0.15) is 11.3 Å². The molecule has 0 amide bonds. The van der Waals surface area contributed by atoms with Crippen LogP contribution in [-0.4, -0.2) is 0 Å². The van der Waals surface area contributed by atoms with Crippen LogP contribution in [0.15, 0.2) is 63.8 Å². The van der Waals surface area contributed by atoms with Crippen LogP contribution in [0.2, 0.25) is 0 Å². The molecule has 3 aromatic rings. The maximum Gasteiger partial charge on any atom is 0.193 e. The van der Waals surface area contributed by atoms with E-state index in [1.807, 2.05) is 77.1 Å². The van der Waals surface area contributed by atoms with Gasteiger partial charge in [-0.15, -0.1) is 0 Å². The highest BCUT2D eigenvalue weighted by Crippen LogP contribution is 2.22. The zero-order valence-electron chi connectivity index (χ0n) is 14.0. The van der Waals surface area contributed by atoms with Crippen molar-refractivity contribution in [2.24, 2.45) is 0 Å². The normalized spacial score (nSPS) is 9.32. The molecule has 0 bridgehead atoms. The van der Waals surface area contributed by atoms with Crippen molar-refractivity contribution in [2.75, 3.05) is 0 Å². The number of aryl methyl sites for hydroxylation is 1. The maximum atomic E-state index is 12.0. The predicted octanol–water partition coefficient (Wildman–Crippen LogP) is 5.82. The largest absolute Gasteiger partial charge is 0.456 e. The minimum atomic E-state index is -0.00701. The van der Waals surface area contributed by atoms with E-state index in [0.29, 0.717) is 16.7 Å². The molecule has 0 N–H and O–H groups in total. The third-order valence-electron chi connectivity index (χ3n) is 2.97. The molecule has 0 aliphatic carbocycles. The number of fused-ring (bicyclic) bond motifs is 1. The van der Waals surface area contributed by atoms with Crippen LogP contribution in [0.25, 0.3) is 22.3 Å². The topological polar surface area (TPSA) is 30.2 Å². The summed E-state index contributed by atoms with van der Waals surface area (Å²) in [6.07, 6.45) is 0. The lowest BCUT2D eigenvalue weighted by molar-refractivity contribution is 0.619. The van der Waals surface area contributed by atoms with Gasteiger partial charge in [-0.2, -0.15) is 0 Å². The number of para-hydroxylation sites is 1. The summed E-state index contributed by atoms with van der Waals surface area (Å²) in [5.41, 5.74) is 2.72. The van der Waals surface area contributed by atoms with Crippen LogP contribution in [0.5, 0.6) is 0 Å². The quantitative estimate of drug-likeness (QED) is 0.566. The summed E-state index contributed by atoms with van der Waals surface area (Å²) in [7, 11) is 0. The van der Waals surface area contributed by atoms with Gasteiger partial charge in [-0.05, 0) is 19.1 Å². The third-order valence-corrected chi connectivity index (χ3v) is 2.97. The highest BCUT2D eigenvalue weighted by molar-refractivity contribution is 5.78. The van der Waals surface area contributed by atoms with Gasteiger partial charge in [-0.1, -0.05) is 69.7 Å². The second kappa shape index (κ2) is 8.83. The van der Waals surface area contributed by atoms with Crippen molar-refractivity contribution >= 4 is 11.0 Å². The van der Waals surface area contributed by atoms with Crippen molar-refractivity contribution in [3.63, 3.8) is 0 Å². The van der Waals surface area contributed by atoms with Gasteiger partial charge in [0.15, 0.2) is 5.43 Å². The van der Waals surface area contributed by atoms with E-state index >= 15 is 0 Å². The van der Waals surface area contributed by atoms with Gasteiger partial charge in [0.25, 0.3) is 0 Å². The molecule has 22 heavy (non-hydrogen) atoms. The second-order valence-electron chi connectivity index (χ2n) is 4.34. The molecule has 2 nitrogen and oxygen atoms in total. The van der Waals surface area contributed by atoms with Gasteiger partial charge in [0.2, 0.25) is 0 Å². The monoisotopic (exact) mass is 296 g/mol. The average Bonchev–Trinajstić information content (AvgIpc) is 2.59. The molecule has 2 aromatic carbocycles. The summed E-state index contributed by atoms with van der Waals surface area (Å²) in [6, 6.07) is 16.8. The molecule has 3 rings (SSSR count). The second-order valence-corrected chi connectivity index (χ2v) is 4.34. The van der Waals surface area contributed by atoms with Gasteiger partial charge in [0, 0.05) is 11.6 Å². The zero-order valence-corrected chi connectivity index (χ0v) is 14.0. The van der Waals surface area contributed by atoms with Crippen molar-refractivity contribution in [1.29, 1.82) is 0 Å². The van der Waals surface area contributed by atoms with E-state index in [1.54, 1.807) is 12.1 Å². The lowest BCUT2D eigenvalue weighted by Gasteiger charge is -2.03. The van der Waals surface area contributed by atoms with Crippen LogP contribution >= 0.6 is 0 Å². The van der Waals surface area contributed by atoms with Crippen molar-refractivity contribution in [1.82, 2.24) is 0 Å². The molecular weight excluding hydrogens is 272 g/mol. The molecule has 0 saturated carbocycles. The molecule has 1 aromatic heterocycles. The van der Waals surface area contributed by atoms with Crippen LogP contribution in [0.3, 0.4) is 0 Å². The summed E-state index contributed by atoms with van der Waals surface area (Å²) in [4.78, 5) is 12.0. The first kappa shape index (κ1) is 17.7. The summed E-state index contributed by atoms with van der Waals surface area (Å²) < 4.78 is 5.77. The molecule has 0 aliphatic rings. The Labute approximate surface area is 132 Å². The third kappa shape index (κ3) is 4.08. The van der Waals surface area contributed by atoms with Gasteiger partial charge < -0.3 is 4.42 Å². The molecule has 0 spiro atoms. The predicted molar refractivity (Wildman–Crippen MR) is 95.4 cm³/mol. The van der Waals surface area contributed by atoms with E-state index in [2.05, 4.69) is 0 Å². The standard InChI is InChI=1S/C16H12O2.2C2H6/c1-11-6-8-12(9-7-11)16-10-14(17)13-4-2-3-5-15(13)18-16;2*1-2/h2-10H,1H3;2*1-2H3. The molecule has 0 atom stereocenters. The zero-order chi connectivity index (χ0) is 16.5. The fourth-order valence-corrected chi connectivity index (χ4v) is 1.96. The van der Waals surface area contributed by atoms with E-state index in [9.17, 15) is 4.79 Å². The molecule has 0 aliphatic heterocycles. The van der Waals surface area contributed by atoms with E-state index in [0.717, 1.165) is 5.56 Å². The molecule has 116 valence electrons. The smallest absolute Gasteiger partial charge is 0.193 e. The molecular formula is C20H24O2. The van der Waals surface area contributed by atoms with Crippen molar-refractivity contribution in [3.8, 4) is 11.3 Å². The summed E-state index contributed by atoms with van der Waals surface area (Å²) in [5.74, 6) is 0.610. The SMILES string of the molecule is CC.CC.Cc1ccc(-c2cc(=O)c3ccccc3o2)cc1. The van der Waals surface area contributed by atoms with Gasteiger partial charge in [-0.25, -0.2) is 0 Å². The molecule has 0 radical (unpaired) electrons. The van der Waals surface area contributed by atoms with E-state index < -0.39 is 0 Å². The van der Waals surface area contributed by atoms with Gasteiger partial charge in [-0.3, -0.25) is 4.79 Å². The van der Waals surface area contributed by atoms with Crippen LogP contribution in [0, 0.1) is 6.92 Å². The molecule has 2 heteroatoms. The van der Waals surface area contributed by atoms with Crippen LogP contribution in [0.1, 0.15) is 33.3 Å². The summed E-state index contributed by atoms with van der Waals surface area (Å²) >= 11 is 0. The molecule has 1 heterocycles. The highest BCUT2D eigenvalue weighted by atomic mass is 16.3. The Morgan fingerprint density at radius 3 is 2.05 bits per heavy atom. The van der Waals surface area contributed by atoms with Gasteiger partial charge in [0.05, 0.1) is 5.39 Å². The van der Waals surface area contributed by atoms with Crippen LogP contribution < -0.4 is 5.43 Å².